The van der Waals surface area contributed by atoms with Crippen molar-refractivity contribution in [1.82, 2.24) is 30.1 Å². The van der Waals surface area contributed by atoms with E-state index in [4.69, 9.17) is 4.98 Å². The lowest BCUT2D eigenvalue weighted by Gasteiger charge is -2.29. The number of amides is 4. The van der Waals surface area contributed by atoms with Crippen molar-refractivity contribution in [3.8, 4) is 11.3 Å². The highest BCUT2D eigenvalue weighted by atomic mass is 32.1. The Morgan fingerprint density at radius 1 is 0.885 bits per heavy atom. The third-order valence-corrected chi connectivity index (χ3v) is 14.1. The van der Waals surface area contributed by atoms with E-state index in [-0.39, 0.29) is 41.9 Å². The van der Waals surface area contributed by atoms with Crippen molar-refractivity contribution in [3.63, 3.8) is 0 Å². The van der Waals surface area contributed by atoms with Crippen molar-refractivity contribution in [2.45, 2.75) is 114 Å². The van der Waals surface area contributed by atoms with Gasteiger partial charge in [0.25, 0.3) is 5.91 Å². The summed E-state index contributed by atoms with van der Waals surface area (Å²) in [5.74, 6) is -0.148. The van der Waals surface area contributed by atoms with Crippen LogP contribution in [0.4, 0.5) is 5.69 Å². The molecule has 12 nitrogen and oxygen atoms in total. The van der Waals surface area contributed by atoms with Crippen LogP contribution in [0.1, 0.15) is 117 Å². The van der Waals surface area contributed by atoms with E-state index in [1.165, 1.54) is 21.5 Å². The average Bonchev–Trinajstić information content (AvgIpc) is 3.71. The van der Waals surface area contributed by atoms with E-state index in [9.17, 15) is 24.0 Å². The Balaban J connectivity index is 0.715. The molecule has 2 fully saturated rings. The van der Waals surface area contributed by atoms with Crippen molar-refractivity contribution in [1.29, 1.82) is 0 Å². The van der Waals surface area contributed by atoms with Crippen LogP contribution in [0.15, 0.2) is 71.5 Å². The lowest BCUT2D eigenvalue weighted by atomic mass is 9.81. The van der Waals surface area contributed by atoms with Gasteiger partial charge < -0.3 is 16.0 Å². The fourth-order valence-electron chi connectivity index (χ4n) is 9.65. The van der Waals surface area contributed by atoms with E-state index in [0.29, 0.717) is 30.8 Å². The molecule has 1 aliphatic carbocycles. The van der Waals surface area contributed by atoms with Crippen LogP contribution >= 0.6 is 11.3 Å². The summed E-state index contributed by atoms with van der Waals surface area (Å²) in [4.78, 5) is 68.8. The first-order valence-electron chi connectivity index (χ1n) is 22.0. The van der Waals surface area contributed by atoms with Gasteiger partial charge in [0.15, 0.2) is 0 Å². The minimum atomic E-state index is -0.681. The molecular weight excluding hydrogens is 787 g/mol. The molecule has 2 aliphatic heterocycles. The van der Waals surface area contributed by atoms with Crippen LogP contribution in [0.3, 0.4) is 0 Å². The maximum atomic E-state index is 13.1. The second-order valence-electron chi connectivity index (χ2n) is 17.3. The monoisotopic (exact) mass is 839 g/mol. The lowest BCUT2D eigenvalue weighted by molar-refractivity contribution is -0.135. The van der Waals surface area contributed by atoms with Crippen LogP contribution in [0.5, 0.6) is 0 Å². The van der Waals surface area contributed by atoms with Crippen molar-refractivity contribution >= 4 is 72.7 Å². The van der Waals surface area contributed by atoms with Crippen LogP contribution < -0.4 is 27.0 Å². The SMILES string of the molecule is C[C@@H]1CNc2c(sc3ccc4nc(-c5cccc(C6CCC(NC(=O)CCCCCCCc7ccc8c(c7)n(C)c(=O)n8C7CCC(=O)NC7=O)CC6)c5)ccc4c23)C(=O)N1. The number of imide groups is 1. The van der Waals surface area contributed by atoms with E-state index < -0.39 is 11.9 Å². The van der Waals surface area contributed by atoms with Crippen LogP contribution in [0, 0.1) is 0 Å². The number of nitrogens with zero attached hydrogens (tertiary/aromatic N) is 3. The number of benzene rings is 3. The van der Waals surface area contributed by atoms with Crippen LogP contribution in [0.2, 0.25) is 0 Å². The summed E-state index contributed by atoms with van der Waals surface area (Å²) in [5.41, 5.74) is 7.56. The molecule has 13 heteroatoms. The number of piperidine rings is 1. The molecule has 4 amide bonds. The van der Waals surface area contributed by atoms with Gasteiger partial charge in [-0.3, -0.25) is 33.6 Å². The first-order valence-corrected chi connectivity index (χ1v) is 22.8. The van der Waals surface area contributed by atoms with Crippen molar-refractivity contribution < 1.29 is 19.2 Å². The van der Waals surface area contributed by atoms with E-state index in [0.717, 1.165) is 118 Å². The lowest BCUT2D eigenvalue weighted by Crippen LogP contribution is -2.44. The zero-order chi connectivity index (χ0) is 42.2. The normalized spacial score (nSPS) is 20.6. The Morgan fingerprint density at radius 3 is 2.54 bits per heavy atom. The molecule has 3 aromatic carbocycles. The summed E-state index contributed by atoms with van der Waals surface area (Å²) >= 11 is 1.52. The highest BCUT2D eigenvalue weighted by Gasteiger charge is 2.31. The molecule has 0 radical (unpaired) electrons. The Bertz CT molecular complexity index is 2740. The van der Waals surface area contributed by atoms with Crippen molar-refractivity contribution in [2.24, 2.45) is 7.05 Å². The summed E-state index contributed by atoms with van der Waals surface area (Å²) in [6.45, 7) is 2.69. The number of aryl methyl sites for hydroxylation is 2. The topological polar surface area (TPSA) is 156 Å². The van der Waals surface area contributed by atoms with Crippen LogP contribution in [-0.2, 0) is 27.9 Å². The number of hydrogen-bond acceptors (Lipinski definition) is 8. The van der Waals surface area contributed by atoms with E-state index in [1.54, 1.807) is 11.6 Å². The highest BCUT2D eigenvalue weighted by molar-refractivity contribution is 7.21. The van der Waals surface area contributed by atoms with Gasteiger partial charge in [0.1, 0.15) is 10.9 Å². The number of anilines is 1. The maximum absolute atomic E-state index is 13.1. The fourth-order valence-corrected chi connectivity index (χ4v) is 10.7. The quantitative estimate of drug-likeness (QED) is 0.0719. The zero-order valence-electron chi connectivity index (χ0n) is 34.9. The number of nitrogens with one attached hydrogen (secondary N) is 4. The molecule has 316 valence electrons. The predicted octanol–water partition coefficient (Wildman–Crippen LogP) is 8.02. The van der Waals surface area contributed by atoms with Gasteiger partial charge in [0, 0.05) is 59.6 Å². The van der Waals surface area contributed by atoms with E-state index >= 15 is 0 Å². The predicted molar refractivity (Wildman–Crippen MR) is 241 cm³/mol. The third kappa shape index (κ3) is 8.32. The van der Waals surface area contributed by atoms with E-state index in [2.05, 4.69) is 69.8 Å². The molecule has 9 rings (SSSR count). The Kier molecular flexibility index (Phi) is 11.5. The Labute approximate surface area is 358 Å². The molecule has 6 aromatic rings. The molecule has 1 saturated carbocycles. The third-order valence-electron chi connectivity index (χ3n) is 13.0. The number of aromatic nitrogens is 3. The molecule has 0 spiro atoms. The standard InChI is InChI=1S/C48H53N7O5S/c1-28-27-49-44-43-34-18-19-35(52-36(34)20-23-40(43)61-45(44)47(59)50-28)32-11-8-10-31(26-32)30-14-16-33(17-15-30)51-41(56)12-7-5-3-4-6-9-29-13-21-37-39(25-29)54(2)48(60)55(37)38-22-24-42(57)53-46(38)58/h8,10-11,13,18-21,23,25-26,28,30,33,38,49H,3-7,9,12,14-17,22,24,27H2,1-2H3,(H,50,59)(H,51,56)(H,53,57,58)/t28-,30?,33?,38?/m1/s1. The largest absolute Gasteiger partial charge is 0.381 e. The zero-order valence-corrected chi connectivity index (χ0v) is 35.7. The summed E-state index contributed by atoms with van der Waals surface area (Å²) in [5, 5.41) is 14.4. The number of unbranched alkanes of at least 4 members (excludes halogenated alkanes) is 4. The number of fused-ring (bicyclic) bond motifs is 6. The van der Waals surface area contributed by atoms with Gasteiger partial charge in [-0.15, -0.1) is 11.3 Å². The second-order valence-corrected chi connectivity index (χ2v) is 18.3. The van der Waals surface area contributed by atoms with Crippen molar-refractivity contribution in [3.05, 3.63) is 93.2 Å². The fraction of sp³-hybridized carbons (Fsp3) is 0.417. The summed E-state index contributed by atoms with van der Waals surface area (Å²) < 4.78 is 4.18. The van der Waals surface area contributed by atoms with Crippen molar-refractivity contribution in [2.75, 3.05) is 11.9 Å². The minimum Gasteiger partial charge on any atom is -0.381 e. The summed E-state index contributed by atoms with van der Waals surface area (Å²) in [7, 11) is 1.72. The number of imidazole rings is 1. The first kappa shape index (κ1) is 40.6. The van der Waals surface area contributed by atoms with Gasteiger partial charge >= 0.3 is 5.69 Å². The molecular formula is C48H53N7O5S. The average molecular weight is 840 g/mol. The number of pyridine rings is 1. The molecule has 1 unspecified atom stereocenters. The molecule has 1 saturated heterocycles. The highest BCUT2D eigenvalue weighted by Crippen LogP contribution is 2.42. The number of rotatable bonds is 12. The summed E-state index contributed by atoms with van der Waals surface area (Å²) in [6, 6.07) is 22.7. The second kappa shape index (κ2) is 17.3. The van der Waals surface area contributed by atoms with Gasteiger partial charge in [-0.05, 0) is 118 Å². The van der Waals surface area contributed by atoms with E-state index in [1.807, 2.05) is 25.1 Å². The Morgan fingerprint density at radius 2 is 1.70 bits per heavy atom. The van der Waals surface area contributed by atoms with Crippen LogP contribution in [0.25, 0.3) is 43.3 Å². The molecule has 3 aromatic heterocycles. The van der Waals surface area contributed by atoms with Gasteiger partial charge in [0.2, 0.25) is 17.7 Å². The van der Waals surface area contributed by atoms with Gasteiger partial charge in [-0.2, -0.15) is 0 Å². The number of carbonyl (C=O) groups excluding carboxylic acids is 4. The number of thiophene rings is 1. The minimum absolute atomic E-state index is 0.0246. The van der Waals surface area contributed by atoms with Crippen LogP contribution in [-0.4, -0.2) is 56.4 Å². The van der Waals surface area contributed by atoms with Gasteiger partial charge in [0.05, 0.1) is 27.9 Å². The molecule has 2 atom stereocenters. The number of hydrogen-bond donors (Lipinski definition) is 4. The molecule has 61 heavy (non-hydrogen) atoms. The molecule has 0 bridgehead atoms. The van der Waals surface area contributed by atoms with Gasteiger partial charge in [-0.25, -0.2) is 9.78 Å². The number of carbonyl (C=O) groups is 4. The first-order chi connectivity index (χ1) is 29.6. The Hall–Kier alpha value is -5.82. The van der Waals surface area contributed by atoms with Gasteiger partial charge in [-0.1, -0.05) is 43.5 Å². The summed E-state index contributed by atoms with van der Waals surface area (Å²) in [6.07, 6.45) is 11.1. The smallest absolute Gasteiger partial charge is 0.329 e. The molecule has 4 N–H and O–H groups in total. The molecule has 5 heterocycles. The maximum Gasteiger partial charge on any atom is 0.329 e. The molecule has 3 aliphatic rings.